The number of nitro benzene ring substituents is 1. The number of nitrogens with zero attached hydrogens (tertiary/aromatic N) is 4. The van der Waals surface area contributed by atoms with E-state index in [0.29, 0.717) is 5.56 Å². The van der Waals surface area contributed by atoms with E-state index in [2.05, 4.69) is 20.6 Å². The van der Waals surface area contributed by atoms with Crippen LogP contribution in [-0.2, 0) is 11.1 Å². The first-order chi connectivity index (χ1) is 8.09. The van der Waals surface area contributed by atoms with Crippen LogP contribution in [0.3, 0.4) is 0 Å². The Hall–Kier alpha value is -1.20. The van der Waals surface area contributed by atoms with Gasteiger partial charge in [-0.3, -0.25) is 14.3 Å². The average Bonchev–Trinajstić information content (AvgIpc) is 2.81. The predicted molar refractivity (Wildman–Crippen MR) is 53.5 cm³/mol. The SMILES string of the molecule is O=[N+]([O-])c1cc(-c2nn[nH]n2)ccc1S(=O)[O-].[Na+]. The standard InChI is InChI=1S/C7H5N5O4S.Na/c13-12(14)5-3-4(7-8-10-11-9-7)1-2-6(5)17(15)16;/h1-3H,(H,15,16)(H,8,9,10,11);/q;+1/p-1. The van der Waals surface area contributed by atoms with Crippen LogP contribution in [0.25, 0.3) is 11.4 Å². The summed E-state index contributed by atoms with van der Waals surface area (Å²) < 4.78 is 21.5. The summed E-state index contributed by atoms with van der Waals surface area (Å²) in [5.41, 5.74) is -0.222. The second kappa shape index (κ2) is 6.11. The van der Waals surface area contributed by atoms with Gasteiger partial charge in [0, 0.05) is 11.6 Å². The summed E-state index contributed by atoms with van der Waals surface area (Å²) in [7, 11) is 0. The summed E-state index contributed by atoms with van der Waals surface area (Å²) in [5, 5.41) is 23.5. The maximum absolute atomic E-state index is 10.8. The molecular weight excluding hydrogens is 273 g/mol. The van der Waals surface area contributed by atoms with Crippen LogP contribution in [0.5, 0.6) is 0 Å². The molecule has 0 radical (unpaired) electrons. The number of hydrogen-bond acceptors (Lipinski definition) is 7. The number of tetrazole rings is 1. The first-order valence-corrected chi connectivity index (χ1v) is 5.28. The monoisotopic (exact) mass is 277 g/mol. The van der Waals surface area contributed by atoms with Crippen molar-refractivity contribution in [3.05, 3.63) is 28.3 Å². The van der Waals surface area contributed by atoms with Gasteiger partial charge in [-0.1, -0.05) is 0 Å². The fourth-order valence-electron chi connectivity index (χ4n) is 1.22. The van der Waals surface area contributed by atoms with E-state index in [9.17, 15) is 18.9 Å². The summed E-state index contributed by atoms with van der Waals surface area (Å²) in [6, 6.07) is 3.56. The zero-order chi connectivity index (χ0) is 12.4. The molecule has 0 saturated heterocycles. The minimum absolute atomic E-state index is 0. The van der Waals surface area contributed by atoms with Gasteiger partial charge in [0.05, 0.1) is 4.92 Å². The van der Waals surface area contributed by atoms with Crippen molar-refractivity contribution in [3.8, 4) is 11.4 Å². The first-order valence-electron chi connectivity index (χ1n) is 4.21. The molecule has 1 heterocycles. The Kier molecular flexibility index (Phi) is 5.04. The number of benzene rings is 1. The van der Waals surface area contributed by atoms with Crippen LogP contribution in [0.15, 0.2) is 23.1 Å². The first kappa shape index (κ1) is 14.9. The van der Waals surface area contributed by atoms with Gasteiger partial charge in [-0.2, -0.15) is 5.21 Å². The molecule has 0 aliphatic heterocycles. The maximum atomic E-state index is 10.8. The summed E-state index contributed by atoms with van der Waals surface area (Å²) in [6.45, 7) is 0. The molecule has 0 saturated carbocycles. The largest absolute Gasteiger partial charge is 1.00 e. The van der Waals surface area contributed by atoms with Crippen LogP contribution in [0.1, 0.15) is 0 Å². The molecule has 1 aromatic carbocycles. The normalized spacial score (nSPS) is 11.6. The zero-order valence-electron chi connectivity index (χ0n) is 9.06. The van der Waals surface area contributed by atoms with Gasteiger partial charge in [0.15, 0.2) is 0 Å². The molecule has 88 valence electrons. The Labute approximate surface area is 125 Å². The molecule has 9 nitrogen and oxygen atoms in total. The Bertz CT molecular complexity index is 590. The molecule has 1 aromatic heterocycles. The summed E-state index contributed by atoms with van der Waals surface area (Å²) in [6.07, 6.45) is 0. The average molecular weight is 277 g/mol. The van der Waals surface area contributed by atoms with Gasteiger partial charge in [-0.05, 0) is 28.4 Å². The number of rotatable bonds is 3. The van der Waals surface area contributed by atoms with Gasteiger partial charge in [-0.15, -0.1) is 10.2 Å². The predicted octanol–water partition coefficient (Wildman–Crippen LogP) is -2.98. The van der Waals surface area contributed by atoms with Gasteiger partial charge in [0.2, 0.25) is 5.82 Å². The van der Waals surface area contributed by atoms with Gasteiger partial charge >= 0.3 is 29.6 Å². The smallest absolute Gasteiger partial charge is 0.768 e. The fraction of sp³-hybridized carbons (Fsp3) is 0. The van der Waals surface area contributed by atoms with Crippen LogP contribution in [0.4, 0.5) is 5.69 Å². The van der Waals surface area contributed by atoms with Gasteiger partial charge in [0.25, 0.3) is 5.69 Å². The van der Waals surface area contributed by atoms with Gasteiger partial charge < -0.3 is 4.55 Å². The van der Waals surface area contributed by atoms with Gasteiger partial charge in [-0.25, -0.2) is 0 Å². The number of nitrogens with one attached hydrogen (secondary N) is 1. The van der Waals surface area contributed by atoms with Crippen LogP contribution in [0.2, 0.25) is 0 Å². The third-order valence-corrected chi connectivity index (χ3v) is 2.64. The molecule has 0 aliphatic carbocycles. The van der Waals surface area contributed by atoms with E-state index in [1.807, 2.05) is 0 Å². The molecule has 18 heavy (non-hydrogen) atoms. The van der Waals surface area contributed by atoms with E-state index in [4.69, 9.17) is 0 Å². The Balaban J connectivity index is 0.00000162. The Morgan fingerprint density at radius 3 is 2.61 bits per heavy atom. The zero-order valence-corrected chi connectivity index (χ0v) is 11.9. The number of H-pyrrole nitrogens is 1. The number of hydrogen-bond donors (Lipinski definition) is 1. The third kappa shape index (κ3) is 2.97. The molecule has 1 atom stereocenters. The molecule has 1 N–H and O–H groups in total. The molecule has 0 bridgehead atoms. The molecule has 0 fully saturated rings. The van der Waals surface area contributed by atoms with Crippen LogP contribution < -0.4 is 29.6 Å². The topological polar surface area (TPSA) is 138 Å². The molecular formula is C7H4N5NaO4S. The molecule has 0 aliphatic rings. The third-order valence-electron chi connectivity index (χ3n) is 1.94. The minimum atomic E-state index is -2.67. The van der Waals surface area contributed by atoms with E-state index in [0.717, 1.165) is 12.1 Å². The van der Waals surface area contributed by atoms with E-state index < -0.39 is 21.7 Å². The van der Waals surface area contributed by atoms with Crippen molar-refractivity contribution >= 4 is 16.8 Å². The molecule has 0 spiro atoms. The quantitative estimate of drug-likeness (QED) is 0.273. The van der Waals surface area contributed by atoms with Crippen LogP contribution in [0, 0.1) is 10.1 Å². The van der Waals surface area contributed by atoms with Gasteiger partial charge in [0.1, 0.15) is 4.90 Å². The van der Waals surface area contributed by atoms with E-state index in [-0.39, 0.29) is 40.3 Å². The Morgan fingerprint density at radius 2 is 2.11 bits per heavy atom. The molecule has 1 unspecified atom stereocenters. The number of aromatic nitrogens is 4. The van der Waals surface area contributed by atoms with Crippen molar-refractivity contribution in [2.24, 2.45) is 0 Å². The van der Waals surface area contributed by atoms with E-state index >= 15 is 0 Å². The van der Waals surface area contributed by atoms with E-state index in [1.165, 1.54) is 6.07 Å². The van der Waals surface area contributed by atoms with Crippen molar-refractivity contribution in [2.75, 3.05) is 0 Å². The summed E-state index contributed by atoms with van der Waals surface area (Å²) >= 11 is -2.67. The van der Waals surface area contributed by atoms with E-state index in [1.54, 1.807) is 0 Å². The minimum Gasteiger partial charge on any atom is -0.768 e. The molecule has 0 amide bonds. The number of aromatic amines is 1. The maximum Gasteiger partial charge on any atom is 1.00 e. The van der Waals surface area contributed by atoms with Crippen LogP contribution in [-0.4, -0.2) is 34.3 Å². The van der Waals surface area contributed by atoms with Crippen molar-refractivity contribution in [3.63, 3.8) is 0 Å². The molecule has 11 heteroatoms. The molecule has 2 aromatic rings. The molecule has 2 rings (SSSR count). The van der Waals surface area contributed by atoms with Crippen molar-refractivity contribution in [2.45, 2.75) is 4.90 Å². The second-order valence-electron chi connectivity index (χ2n) is 2.91. The summed E-state index contributed by atoms with van der Waals surface area (Å²) in [5.74, 6) is 0.149. The van der Waals surface area contributed by atoms with Crippen LogP contribution >= 0.6 is 0 Å². The number of nitro groups is 1. The van der Waals surface area contributed by atoms with Crippen molar-refractivity contribution in [1.29, 1.82) is 0 Å². The Morgan fingerprint density at radius 1 is 1.39 bits per heavy atom. The van der Waals surface area contributed by atoms with Crippen molar-refractivity contribution in [1.82, 2.24) is 20.6 Å². The fourth-order valence-corrected chi connectivity index (χ4v) is 1.71. The second-order valence-corrected chi connectivity index (χ2v) is 3.82. The van der Waals surface area contributed by atoms with Crippen molar-refractivity contribution < 1.29 is 43.2 Å². The summed E-state index contributed by atoms with van der Waals surface area (Å²) in [4.78, 5) is 9.55.